The molecule has 0 saturated heterocycles. The second-order valence-corrected chi connectivity index (χ2v) is 7.84. The van der Waals surface area contributed by atoms with Crippen molar-refractivity contribution in [3.05, 3.63) is 88.5 Å². The summed E-state index contributed by atoms with van der Waals surface area (Å²) in [6.45, 7) is 3.11. The van der Waals surface area contributed by atoms with E-state index in [1.807, 2.05) is 0 Å². The van der Waals surface area contributed by atoms with Gasteiger partial charge in [0.1, 0.15) is 6.17 Å². The number of ether oxygens (including phenoxy) is 2. The molecule has 0 amide bonds. The maximum absolute atomic E-state index is 5.64. The summed E-state index contributed by atoms with van der Waals surface area (Å²) in [5, 5.41) is 3.78. The Labute approximate surface area is 172 Å². The van der Waals surface area contributed by atoms with Gasteiger partial charge in [0.25, 0.3) is 0 Å². The molecule has 0 aromatic heterocycles. The van der Waals surface area contributed by atoms with Crippen molar-refractivity contribution in [1.29, 1.82) is 0 Å². The Bertz CT molecular complexity index is 1050. The summed E-state index contributed by atoms with van der Waals surface area (Å²) in [6, 6.07) is 22.0. The fourth-order valence-corrected chi connectivity index (χ4v) is 4.71. The molecule has 4 nitrogen and oxygen atoms in total. The van der Waals surface area contributed by atoms with Crippen molar-refractivity contribution >= 4 is 5.69 Å². The van der Waals surface area contributed by atoms with Crippen molar-refractivity contribution in [3.8, 4) is 11.5 Å². The SMILES string of the molecule is COc1cc2c(cc1OC)[C@@H]1c3ccccc3N[C@H](c3ccc(C)cc3)N1CC2. The minimum absolute atomic E-state index is 0.136. The van der Waals surface area contributed by atoms with Crippen molar-refractivity contribution in [1.82, 2.24) is 4.90 Å². The highest BCUT2D eigenvalue weighted by atomic mass is 16.5. The Morgan fingerprint density at radius 1 is 0.897 bits per heavy atom. The molecule has 2 aliphatic rings. The van der Waals surface area contributed by atoms with E-state index in [-0.39, 0.29) is 12.2 Å². The van der Waals surface area contributed by atoms with Gasteiger partial charge in [0.05, 0.1) is 20.3 Å². The standard InChI is InChI=1S/C25H26N2O2/c1-16-8-10-17(11-9-16)25-26-21-7-5-4-6-19(21)24-20-15-23(29-3)22(28-2)14-18(20)12-13-27(24)25/h4-11,14-15,24-26H,12-13H2,1-3H3/t24-,25-/m0/s1. The molecule has 0 bridgehead atoms. The summed E-state index contributed by atoms with van der Waals surface area (Å²) in [4.78, 5) is 2.57. The monoisotopic (exact) mass is 386 g/mol. The fourth-order valence-electron chi connectivity index (χ4n) is 4.71. The second kappa shape index (κ2) is 7.12. The third-order valence-corrected chi connectivity index (χ3v) is 6.18. The number of nitrogens with zero attached hydrogens (tertiary/aromatic N) is 1. The molecule has 0 unspecified atom stereocenters. The molecule has 0 radical (unpaired) electrons. The molecule has 1 N–H and O–H groups in total. The first-order chi connectivity index (χ1) is 14.2. The number of benzene rings is 3. The molecule has 0 spiro atoms. The molecule has 3 aromatic carbocycles. The summed E-state index contributed by atoms with van der Waals surface area (Å²) < 4.78 is 11.2. The van der Waals surface area contributed by atoms with Gasteiger partial charge in [0.15, 0.2) is 11.5 Å². The molecule has 3 aromatic rings. The van der Waals surface area contributed by atoms with Crippen molar-refractivity contribution in [2.24, 2.45) is 0 Å². The first-order valence-electron chi connectivity index (χ1n) is 10.1. The largest absolute Gasteiger partial charge is 0.493 e. The average Bonchev–Trinajstić information content (AvgIpc) is 2.77. The van der Waals surface area contributed by atoms with Crippen molar-refractivity contribution in [2.75, 3.05) is 26.1 Å². The van der Waals surface area contributed by atoms with Gasteiger partial charge in [-0.25, -0.2) is 0 Å². The first kappa shape index (κ1) is 18.1. The zero-order valence-electron chi connectivity index (χ0n) is 17.1. The van der Waals surface area contributed by atoms with Crippen LogP contribution < -0.4 is 14.8 Å². The van der Waals surface area contributed by atoms with Gasteiger partial charge in [-0.15, -0.1) is 0 Å². The van der Waals surface area contributed by atoms with Crippen LogP contribution in [0.25, 0.3) is 0 Å². The maximum Gasteiger partial charge on any atom is 0.161 e. The average molecular weight is 386 g/mol. The quantitative estimate of drug-likeness (QED) is 0.680. The number of hydrogen-bond acceptors (Lipinski definition) is 4. The Kier molecular flexibility index (Phi) is 4.44. The van der Waals surface area contributed by atoms with Crippen LogP contribution in [0.5, 0.6) is 11.5 Å². The lowest BCUT2D eigenvalue weighted by Gasteiger charge is -2.47. The van der Waals surface area contributed by atoms with E-state index >= 15 is 0 Å². The summed E-state index contributed by atoms with van der Waals surface area (Å²) in [7, 11) is 3.41. The van der Waals surface area contributed by atoms with Crippen LogP contribution in [0.4, 0.5) is 5.69 Å². The van der Waals surface area contributed by atoms with Crippen LogP contribution >= 0.6 is 0 Å². The lowest BCUT2D eigenvalue weighted by Crippen LogP contribution is -2.45. The highest BCUT2D eigenvalue weighted by Crippen LogP contribution is 2.48. The van der Waals surface area contributed by atoms with Gasteiger partial charge < -0.3 is 14.8 Å². The molecule has 0 fully saturated rings. The molecule has 0 aliphatic carbocycles. The molecular weight excluding hydrogens is 360 g/mol. The van der Waals surface area contributed by atoms with Crippen LogP contribution in [-0.4, -0.2) is 25.7 Å². The number of rotatable bonds is 3. The van der Waals surface area contributed by atoms with Crippen molar-refractivity contribution in [3.63, 3.8) is 0 Å². The minimum atomic E-state index is 0.136. The number of aryl methyl sites for hydroxylation is 1. The van der Waals surface area contributed by atoms with Crippen LogP contribution in [0, 0.1) is 6.92 Å². The minimum Gasteiger partial charge on any atom is -0.493 e. The fraction of sp³-hybridized carbons (Fsp3) is 0.280. The van der Waals surface area contributed by atoms with E-state index < -0.39 is 0 Å². The predicted molar refractivity (Wildman–Crippen MR) is 116 cm³/mol. The third-order valence-electron chi connectivity index (χ3n) is 6.18. The predicted octanol–water partition coefficient (Wildman–Crippen LogP) is 5.08. The van der Waals surface area contributed by atoms with E-state index in [4.69, 9.17) is 9.47 Å². The molecule has 2 heterocycles. The normalized spacial score (nSPS) is 20.1. The zero-order chi connectivity index (χ0) is 20.0. The van der Waals surface area contributed by atoms with E-state index in [2.05, 4.69) is 77.8 Å². The highest BCUT2D eigenvalue weighted by Gasteiger charge is 2.39. The van der Waals surface area contributed by atoms with Crippen molar-refractivity contribution < 1.29 is 9.47 Å². The number of para-hydroxylation sites is 1. The van der Waals surface area contributed by atoms with Gasteiger partial charge >= 0.3 is 0 Å². The van der Waals surface area contributed by atoms with Crippen LogP contribution in [0.3, 0.4) is 0 Å². The first-order valence-corrected chi connectivity index (χ1v) is 10.1. The van der Waals surface area contributed by atoms with E-state index in [1.165, 1.54) is 33.5 Å². The van der Waals surface area contributed by atoms with Gasteiger partial charge in [-0.2, -0.15) is 0 Å². The van der Waals surface area contributed by atoms with Crippen LogP contribution in [0.2, 0.25) is 0 Å². The number of nitrogens with one attached hydrogen (secondary N) is 1. The molecule has 4 heteroatoms. The Morgan fingerprint density at radius 2 is 1.62 bits per heavy atom. The summed E-state index contributed by atoms with van der Waals surface area (Å²) in [5.74, 6) is 1.59. The van der Waals surface area contributed by atoms with Crippen LogP contribution in [0.1, 0.15) is 40.0 Å². The van der Waals surface area contributed by atoms with Gasteiger partial charge in [0, 0.05) is 12.2 Å². The summed E-state index contributed by atoms with van der Waals surface area (Å²) >= 11 is 0. The molecule has 0 saturated carbocycles. The van der Waals surface area contributed by atoms with E-state index in [0.29, 0.717) is 0 Å². The molecular formula is C25H26N2O2. The molecule has 5 rings (SSSR count). The topological polar surface area (TPSA) is 33.7 Å². The molecule has 29 heavy (non-hydrogen) atoms. The number of methoxy groups -OCH3 is 2. The van der Waals surface area contributed by atoms with E-state index in [1.54, 1.807) is 14.2 Å². The Balaban J connectivity index is 1.67. The lowest BCUT2D eigenvalue weighted by atomic mass is 9.84. The number of fused-ring (bicyclic) bond motifs is 5. The highest BCUT2D eigenvalue weighted by molar-refractivity contribution is 5.61. The van der Waals surface area contributed by atoms with Gasteiger partial charge in [-0.3, -0.25) is 4.90 Å². The van der Waals surface area contributed by atoms with Crippen LogP contribution in [-0.2, 0) is 6.42 Å². The summed E-state index contributed by atoms with van der Waals surface area (Å²) in [5.41, 5.74) is 7.72. The molecule has 2 aliphatic heterocycles. The smallest absolute Gasteiger partial charge is 0.161 e. The number of hydrogen-bond donors (Lipinski definition) is 1. The van der Waals surface area contributed by atoms with Gasteiger partial charge in [-0.1, -0.05) is 48.0 Å². The van der Waals surface area contributed by atoms with Gasteiger partial charge in [-0.05, 0) is 53.8 Å². The van der Waals surface area contributed by atoms with Gasteiger partial charge in [0.2, 0.25) is 0 Å². The van der Waals surface area contributed by atoms with Crippen molar-refractivity contribution in [2.45, 2.75) is 25.6 Å². The third kappa shape index (κ3) is 2.95. The zero-order valence-corrected chi connectivity index (χ0v) is 17.1. The molecule has 148 valence electrons. The Hall–Kier alpha value is -2.98. The van der Waals surface area contributed by atoms with E-state index in [9.17, 15) is 0 Å². The summed E-state index contributed by atoms with van der Waals surface area (Å²) in [6.07, 6.45) is 1.12. The van der Waals surface area contributed by atoms with E-state index in [0.717, 1.165) is 24.5 Å². The second-order valence-electron chi connectivity index (χ2n) is 7.84. The van der Waals surface area contributed by atoms with Crippen LogP contribution in [0.15, 0.2) is 60.7 Å². The maximum atomic E-state index is 5.64. The lowest BCUT2D eigenvalue weighted by molar-refractivity contribution is 0.153. The molecule has 2 atom stereocenters. The Morgan fingerprint density at radius 3 is 2.38 bits per heavy atom. The number of anilines is 1.